The predicted octanol–water partition coefficient (Wildman–Crippen LogP) is 4.91. The average molecular weight is 536 g/mol. The van der Waals surface area contributed by atoms with Gasteiger partial charge < -0.3 is 15.2 Å². The Morgan fingerprint density at radius 3 is 2.35 bits per heavy atom. The maximum atomic E-state index is 14.3. The largest absolute Gasteiger partial charge is 0.497 e. The molecule has 5 rings (SSSR count). The van der Waals surface area contributed by atoms with Gasteiger partial charge in [-0.1, -0.05) is 60.7 Å². The highest BCUT2D eigenvalue weighted by Gasteiger charge is 2.53. The van der Waals surface area contributed by atoms with Gasteiger partial charge in [0.25, 0.3) is 5.91 Å². The molecule has 1 aromatic heterocycles. The van der Waals surface area contributed by atoms with E-state index in [2.05, 4.69) is 10.3 Å². The molecule has 7 heteroatoms. The molecule has 1 aliphatic rings. The number of amides is 2. The maximum absolute atomic E-state index is 14.3. The number of aliphatic hydroxyl groups is 1. The van der Waals surface area contributed by atoms with E-state index in [1.165, 1.54) is 0 Å². The van der Waals surface area contributed by atoms with Gasteiger partial charge in [-0.2, -0.15) is 0 Å². The molecule has 0 radical (unpaired) electrons. The molecule has 0 saturated heterocycles. The molecule has 204 valence electrons. The second-order valence-electron chi connectivity index (χ2n) is 10.3. The summed E-state index contributed by atoms with van der Waals surface area (Å²) in [5.74, 6) is 0.850. The summed E-state index contributed by atoms with van der Waals surface area (Å²) in [5.41, 5.74) is 3.57. The van der Waals surface area contributed by atoms with Crippen molar-refractivity contribution in [3.63, 3.8) is 0 Å². The molecule has 2 atom stereocenters. The van der Waals surface area contributed by atoms with Crippen molar-refractivity contribution in [3.05, 3.63) is 125 Å². The number of anilines is 1. The van der Waals surface area contributed by atoms with Crippen molar-refractivity contribution in [1.29, 1.82) is 0 Å². The van der Waals surface area contributed by atoms with Gasteiger partial charge >= 0.3 is 0 Å². The zero-order chi connectivity index (χ0) is 28.3. The zero-order valence-electron chi connectivity index (χ0n) is 22.9. The highest BCUT2D eigenvalue weighted by Crippen LogP contribution is 2.48. The van der Waals surface area contributed by atoms with Crippen LogP contribution in [0.4, 0.5) is 5.82 Å². The summed E-state index contributed by atoms with van der Waals surface area (Å²) in [7, 11) is 1.63. The summed E-state index contributed by atoms with van der Waals surface area (Å²) in [6.45, 7) is 4.16. The van der Waals surface area contributed by atoms with Gasteiger partial charge in [-0.25, -0.2) is 4.98 Å². The number of nitrogens with zero attached hydrogens (tertiary/aromatic N) is 2. The Morgan fingerprint density at radius 1 is 1.00 bits per heavy atom. The average Bonchev–Trinajstić information content (AvgIpc) is 3.00. The highest BCUT2D eigenvalue weighted by atomic mass is 16.5. The van der Waals surface area contributed by atoms with Crippen molar-refractivity contribution >= 4 is 17.6 Å². The van der Waals surface area contributed by atoms with Crippen molar-refractivity contribution in [2.45, 2.75) is 38.3 Å². The smallest absolute Gasteiger partial charge is 0.260 e. The third-order valence-corrected chi connectivity index (χ3v) is 7.69. The monoisotopic (exact) mass is 535 g/mol. The predicted molar refractivity (Wildman–Crippen MR) is 154 cm³/mol. The summed E-state index contributed by atoms with van der Waals surface area (Å²) in [4.78, 5) is 34.6. The number of carbonyl (C=O) groups excluding carboxylic acids is 2. The Balaban J connectivity index is 1.58. The van der Waals surface area contributed by atoms with Crippen LogP contribution < -0.4 is 15.0 Å². The number of fused-ring (bicyclic) bond motifs is 1. The van der Waals surface area contributed by atoms with E-state index < -0.39 is 11.5 Å². The van der Waals surface area contributed by atoms with Gasteiger partial charge in [0.05, 0.1) is 25.2 Å². The fraction of sp³-hybridized carbons (Fsp3) is 0.242. The van der Waals surface area contributed by atoms with Crippen LogP contribution in [0.2, 0.25) is 0 Å². The number of hydrogen-bond acceptors (Lipinski definition) is 5. The molecular weight excluding hydrogens is 502 g/mol. The molecule has 7 nitrogen and oxygen atoms in total. The SMILES string of the molecule is COc1ccc(CCNC(=O)[C@@]2(C)c3ccccc3C(=O)N(c3ccc(C)cn3)[C@H]2c2ccc(CO)cc2)cc1. The third kappa shape index (κ3) is 4.96. The van der Waals surface area contributed by atoms with Crippen molar-refractivity contribution < 1.29 is 19.4 Å². The van der Waals surface area contributed by atoms with Gasteiger partial charge in [0, 0.05) is 18.3 Å². The van der Waals surface area contributed by atoms with E-state index in [4.69, 9.17) is 4.74 Å². The lowest BCUT2D eigenvalue weighted by atomic mass is 9.67. The molecule has 1 aliphatic heterocycles. The van der Waals surface area contributed by atoms with E-state index in [0.29, 0.717) is 29.9 Å². The second kappa shape index (κ2) is 11.3. The van der Waals surface area contributed by atoms with Gasteiger partial charge in [0.1, 0.15) is 11.6 Å². The fourth-order valence-electron chi connectivity index (χ4n) is 5.44. The minimum absolute atomic E-state index is 0.0982. The number of methoxy groups -OCH3 is 1. The number of ether oxygens (including phenoxy) is 1. The van der Waals surface area contributed by atoms with E-state index in [1.807, 2.05) is 92.7 Å². The number of benzene rings is 3. The molecule has 0 bridgehead atoms. The number of pyridine rings is 1. The molecule has 2 N–H and O–H groups in total. The topological polar surface area (TPSA) is 91.8 Å². The Hall–Kier alpha value is -4.49. The van der Waals surface area contributed by atoms with Crippen molar-refractivity contribution in [2.24, 2.45) is 0 Å². The van der Waals surface area contributed by atoms with Crippen LogP contribution in [0.15, 0.2) is 91.1 Å². The Morgan fingerprint density at radius 2 is 1.70 bits per heavy atom. The fourth-order valence-corrected chi connectivity index (χ4v) is 5.44. The van der Waals surface area contributed by atoms with Crippen LogP contribution in [0.25, 0.3) is 0 Å². The molecule has 0 aliphatic carbocycles. The maximum Gasteiger partial charge on any atom is 0.260 e. The minimum atomic E-state index is -1.14. The number of hydrogen-bond donors (Lipinski definition) is 2. The molecule has 4 aromatic rings. The summed E-state index contributed by atoms with van der Waals surface area (Å²) < 4.78 is 5.25. The van der Waals surface area contributed by atoms with Crippen LogP contribution in [0, 0.1) is 6.92 Å². The van der Waals surface area contributed by atoms with Gasteiger partial charge in [0.2, 0.25) is 5.91 Å². The first kappa shape index (κ1) is 27.1. The number of nitrogens with one attached hydrogen (secondary N) is 1. The molecule has 0 unspecified atom stereocenters. The molecule has 0 fully saturated rings. The lowest BCUT2D eigenvalue weighted by Crippen LogP contribution is -2.57. The Bertz CT molecular complexity index is 1500. The summed E-state index contributed by atoms with van der Waals surface area (Å²) >= 11 is 0. The molecular formula is C33H33N3O4. The van der Waals surface area contributed by atoms with Crippen LogP contribution in [-0.2, 0) is 23.2 Å². The van der Waals surface area contributed by atoms with Crippen molar-refractivity contribution in [1.82, 2.24) is 10.3 Å². The molecule has 2 heterocycles. The van der Waals surface area contributed by atoms with E-state index in [-0.39, 0.29) is 18.4 Å². The second-order valence-corrected chi connectivity index (χ2v) is 10.3. The van der Waals surface area contributed by atoms with E-state index >= 15 is 0 Å². The number of rotatable bonds is 8. The molecule has 0 saturated carbocycles. The molecule has 0 spiro atoms. The first-order valence-electron chi connectivity index (χ1n) is 13.3. The van der Waals surface area contributed by atoms with Crippen LogP contribution in [0.5, 0.6) is 5.75 Å². The first-order chi connectivity index (χ1) is 19.4. The highest BCUT2D eigenvalue weighted by molar-refractivity contribution is 6.12. The van der Waals surface area contributed by atoms with E-state index in [0.717, 1.165) is 28.0 Å². The van der Waals surface area contributed by atoms with Crippen molar-refractivity contribution in [3.8, 4) is 5.75 Å². The number of aliphatic hydroxyl groups excluding tert-OH is 1. The molecule has 2 amide bonds. The normalized spacial score (nSPS) is 18.2. The summed E-state index contributed by atoms with van der Waals surface area (Å²) in [6, 6.07) is 25.5. The standard InChI is InChI=1S/C33H33N3O4/c1-22-8-17-29(35-20-22)36-30(25-13-9-24(21-37)10-14-25)33(2,28-7-5-4-6-27(28)31(36)38)32(39)34-19-18-23-11-15-26(40-3)16-12-23/h4-17,20,30,37H,18-19,21H2,1-3H3,(H,34,39)/t30-,33-/m0/s1. The summed E-state index contributed by atoms with van der Waals surface area (Å²) in [6.07, 6.45) is 2.37. The Labute approximate surface area is 234 Å². The van der Waals surface area contributed by atoms with Crippen molar-refractivity contribution in [2.75, 3.05) is 18.6 Å². The zero-order valence-corrected chi connectivity index (χ0v) is 22.9. The van der Waals surface area contributed by atoms with Crippen LogP contribution >= 0.6 is 0 Å². The van der Waals surface area contributed by atoms with Gasteiger partial charge in [-0.15, -0.1) is 0 Å². The van der Waals surface area contributed by atoms with Crippen LogP contribution in [0.3, 0.4) is 0 Å². The van der Waals surface area contributed by atoms with E-state index in [1.54, 1.807) is 24.3 Å². The quantitative estimate of drug-likeness (QED) is 0.335. The molecule has 40 heavy (non-hydrogen) atoms. The van der Waals surface area contributed by atoms with E-state index in [9.17, 15) is 14.7 Å². The number of aryl methyl sites for hydroxylation is 1. The van der Waals surface area contributed by atoms with Gasteiger partial charge in [-0.3, -0.25) is 14.5 Å². The Kier molecular flexibility index (Phi) is 7.67. The minimum Gasteiger partial charge on any atom is -0.497 e. The number of carbonyl (C=O) groups is 2. The van der Waals surface area contributed by atoms with Gasteiger partial charge in [-0.05, 0) is 72.4 Å². The number of aromatic nitrogens is 1. The third-order valence-electron chi connectivity index (χ3n) is 7.69. The first-order valence-corrected chi connectivity index (χ1v) is 13.3. The van der Waals surface area contributed by atoms with Crippen LogP contribution in [-0.4, -0.2) is 35.6 Å². The summed E-state index contributed by atoms with van der Waals surface area (Å²) in [5, 5.41) is 12.8. The van der Waals surface area contributed by atoms with Gasteiger partial charge in [0.15, 0.2) is 0 Å². The molecule has 3 aromatic carbocycles. The lowest BCUT2D eigenvalue weighted by molar-refractivity contribution is -0.127. The van der Waals surface area contributed by atoms with Crippen LogP contribution in [0.1, 0.15) is 51.1 Å². The lowest BCUT2D eigenvalue weighted by Gasteiger charge is -2.47.